The first-order chi connectivity index (χ1) is 18.7. The topological polar surface area (TPSA) is 6.25 Å². The second-order valence-corrected chi connectivity index (χ2v) is 12.9. The van der Waals surface area contributed by atoms with Crippen LogP contribution in [0.2, 0.25) is 0 Å². The summed E-state index contributed by atoms with van der Waals surface area (Å²) in [7, 11) is 0. The monoisotopic (exact) mass is 541 g/mol. The third kappa shape index (κ3) is 4.95. The zero-order valence-corrected chi connectivity index (χ0v) is 25.7. The van der Waals surface area contributed by atoms with Gasteiger partial charge in [-0.1, -0.05) is 81.8 Å². The predicted molar refractivity (Wildman–Crippen MR) is 168 cm³/mol. The molecule has 3 heteroatoms. The molecule has 2 nitrogen and oxygen atoms in total. The molecule has 0 saturated heterocycles. The molecule has 0 unspecified atom stereocenters. The predicted octanol–water partition coefficient (Wildman–Crippen LogP) is 9.87. The van der Waals surface area contributed by atoms with E-state index in [4.69, 9.17) is 11.6 Å². The molecular formula is C36H46ClN2+. The van der Waals surface area contributed by atoms with E-state index in [0.717, 1.165) is 63.1 Å². The molecule has 5 rings (SSSR count). The second-order valence-electron chi connectivity index (χ2n) is 12.5. The van der Waals surface area contributed by atoms with Crippen molar-refractivity contribution in [3.8, 4) is 0 Å². The van der Waals surface area contributed by atoms with Crippen LogP contribution < -0.4 is 0 Å². The molecule has 2 aliphatic heterocycles. The van der Waals surface area contributed by atoms with E-state index in [0.29, 0.717) is 0 Å². The molecule has 0 radical (unpaired) electrons. The largest absolute Gasteiger partial charge is 0.347 e. The van der Waals surface area contributed by atoms with Gasteiger partial charge in [0.05, 0.1) is 5.41 Å². The van der Waals surface area contributed by atoms with E-state index < -0.39 is 0 Å². The number of hydrogen-bond acceptors (Lipinski definition) is 1. The summed E-state index contributed by atoms with van der Waals surface area (Å²) in [5.74, 6) is 0. The molecule has 0 aromatic heterocycles. The first-order valence-electron chi connectivity index (χ1n) is 15.1. The number of para-hydroxylation sites is 1. The van der Waals surface area contributed by atoms with E-state index in [1.54, 1.807) is 0 Å². The van der Waals surface area contributed by atoms with Gasteiger partial charge in [0, 0.05) is 52.5 Å². The van der Waals surface area contributed by atoms with Crippen molar-refractivity contribution < 1.29 is 4.58 Å². The van der Waals surface area contributed by atoms with Crippen LogP contribution in [0.15, 0.2) is 93.9 Å². The van der Waals surface area contributed by atoms with Gasteiger partial charge in [-0.05, 0) is 75.2 Å². The molecule has 1 aromatic rings. The zero-order valence-electron chi connectivity index (χ0n) is 24.9. The van der Waals surface area contributed by atoms with Gasteiger partial charge in [-0.3, -0.25) is 0 Å². The summed E-state index contributed by atoms with van der Waals surface area (Å²) in [5, 5.41) is 0.945. The van der Waals surface area contributed by atoms with E-state index in [2.05, 4.69) is 112 Å². The molecule has 0 spiro atoms. The first-order valence-corrected chi connectivity index (χ1v) is 15.5. The summed E-state index contributed by atoms with van der Waals surface area (Å²) >= 11 is 7.14. The summed E-state index contributed by atoms with van der Waals surface area (Å²) < 4.78 is 2.51. The van der Waals surface area contributed by atoms with E-state index in [1.807, 2.05) is 0 Å². The molecular weight excluding hydrogens is 496 g/mol. The van der Waals surface area contributed by atoms with Crippen molar-refractivity contribution in [2.24, 2.45) is 5.41 Å². The van der Waals surface area contributed by atoms with Crippen LogP contribution in [-0.2, 0) is 5.41 Å². The summed E-state index contributed by atoms with van der Waals surface area (Å²) in [6.45, 7) is 16.1. The third-order valence-electron chi connectivity index (χ3n) is 9.11. The number of fused-ring (bicyclic) bond motifs is 1. The number of hydrogen-bond donors (Lipinski definition) is 0. The van der Waals surface area contributed by atoms with Crippen molar-refractivity contribution in [2.75, 3.05) is 13.1 Å². The van der Waals surface area contributed by atoms with Crippen LogP contribution >= 0.6 is 11.6 Å². The SMILES string of the molecule is CCCN1C2=C(C=CCC2)C(C)(C)/C1=C\C=C1/CCCC(/C=C/C2=[N+](CCC)c3ccccc3C2(C)C)=C1Cl. The van der Waals surface area contributed by atoms with E-state index >= 15 is 0 Å². The van der Waals surface area contributed by atoms with Gasteiger partial charge in [0.1, 0.15) is 6.54 Å². The molecule has 0 saturated carbocycles. The molecule has 1 aromatic carbocycles. The number of benzene rings is 1. The Labute approximate surface area is 241 Å². The molecule has 0 amide bonds. The summed E-state index contributed by atoms with van der Waals surface area (Å²) in [4.78, 5) is 2.59. The maximum Gasteiger partial charge on any atom is 0.209 e. The van der Waals surface area contributed by atoms with Crippen LogP contribution in [0.25, 0.3) is 0 Å². The van der Waals surface area contributed by atoms with E-state index in [9.17, 15) is 0 Å². The average molecular weight is 542 g/mol. The van der Waals surface area contributed by atoms with Gasteiger partial charge >= 0.3 is 0 Å². The minimum Gasteiger partial charge on any atom is -0.347 e. The molecule has 2 aliphatic carbocycles. The lowest BCUT2D eigenvalue weighted by Crippen LogP contribution is -2.27. The Morgan fingerprint density at radius 1 is 0.949 bits per heavy atom. The minimum atomic E-state index is -0.0234. The summed E-state index contributed by atoms with van der Waals surface area (Å²) in [6, 6.07) is 8.88. The first kappa shape index (κ1) is 28.0. The lowest BCUT2D eigenvalue weighted by molar-refractivity contribution is -0.437. The van der Waals surface area contributed by atoms with Gasteiger partial charge in [-0.15, -0.1) is 0 Å². The summed E-state index contributed by atoms with van der Waals surface area (Å²) in [6.07, 6.45) is 21.8. The molecule has 39 heavy (non-hydrogen) atoms. The smallest absolute Gasteiger partial charge is 0.209 e. The lowest BCUT2D eigenvalue weighted by atomic mass is 9.80. The molecule has 0 fully saturated rings. The van der Waals surface area contributed by atoms with Gasteiger partial charge in [0.2, 0.25) is 5.69 Å². The number of allylic oxidation sites excluding steroid dienone is 11. The Hall–Kier alpha value is -2.58. The maximum absolute atomic E-state index is 7.14. The molecule has 2 heterocycles. The van der Waals surface area contributed by atoms with Crippen molar-refractivity contribution in [3.05, 3.63) is 99.4 Å². The highest BCUT2D eigenvalue weighted by Gasteiger charge is 2.44. The van der Waals surface area contributed by atoms with Crippen LogP contribution in [0.3, 0.4) is 0 Å². The van der Waals surface area contributed by atoms with Crippen molar-refractivity contribution in [3.63, 3.8) is 0 Å². The van der Waals surface area contributed by atoms with E-state index in [-0.39, 0.29) is 10.8 Å². The van der Waals surface area contributed by atoms with Crippen molar-refractivity contribution in [2.45, 2.75) is 91.9 Å². The van der Waals surface area contributed by atoms with Gasteiger partial charge in [0.15, 0.2) is 5.71 Å². The fourth-order valence-electron chi connectivity index (χ4n) is 7.07. The maximum atomic E-state index is 7.14. The quantitative estimate of drug-likeness (QED) is 0.311. The Balaban J connectivity index is 1.47. The van der Waals surface area contributed by atoms with Crippen molar-refractivity contribution in [1.82, 2.24) is 4.90 Å². The standard InChI is InChI=1S/C36H46ClN2/c1-7-24-38-30-18-11-9-16-28(30)35(3,4)32(38)22-20-26-14-13-15-27(34(26)37)21-23-33-36(5,6)29-17-10-12-19-31(29)39(33)25-8-2/h9-11,16-18,20-23H,7-8,12-15,19,24-25H2,1-6H3/q+1. The Kier molecular flexibility index (Phi) is 7.98. The second kappa shape index (κ2) is 11.1. The Morgan fingerprint density at radius 3 is 2.51 bits per heavy atom. The van der Waals surface area contributed by atoms with Gasteiger partial charge in [-0.2, -0.15) is 4.58 Å². The van der Waals surface area contributed by atoms with Crippen LogP contribution in [0.4, 0.5) is 5.69 Å². The van der Waals surface area contributed by atoms with Gasteiger partial charge in [0.25, 0.3) is 0 Å². The molecule has 4 aliphatic rings. The molecule has 206 valence electrons. The molecule has 0 N–H and O–H groups in total. The van der Waals surface area contributed by atoms with Crippen LogP contribution in [-0.4, -0.2) is 28.3 Å². The fraction of sp³-hybridized carbons (Fsp3) is 0.472. The van der Waals surface area contributed by atoms with E-state index in [1.165, 1.54) is 45.1 Å². The third-order valence-corrected chi connectivity index (χ3v) is 9.59. The normalized spacial score (nSPS) is 24.1. The van der Waals surface area contributed by atoms with Crippen LogP contribution in [0.5, 0.6) is 0 Å². The van der Waals surface area contributed by atoms with Gasteiger partial charge in [-0.25, -0.2) is 0 Å². The average Bonchev–Trinajstić information content (AvgIpc) is 3.27. The highest BCUT2D eigenvalue weighted by molar-refractivity contribution is 6.32. The Bertz CT molecular complexity index is 1360. The highest BCUT2D eigenvalue weighted by Crippen LogP contribution is 2.50. The number of rotatable bonds is 7. The van der Waals surface area contributed by atoms with Crippen molar-refractivity contribution in [1.29, 1.82) is 0 Å². The van der Waals surface area contributed by atoms with Gasteiger partial charge < -0.3 is 4.90 Å². The van der Waals surface area contributed by atoms with Crippen LogP contribution in [0.1, 0.15) is 92.1 Å². The summed E-state index contributed by atoms with van der Waals surface area (Å²) in [5.41, 5.74) is 11.1. The Morgan fingerprint density at radius 2 is 1.74 bits per heavy atom. The number of nitrogens with zero attached hydrogens (tertiary/aromatic N) is 2. The zero-order chi connectivity index (χ0) is 27.8. The minimum absolute atomic E-state index is 0.0223. The molecule has 0 bridgehead atoms. The highest BCUT2D eigenvalue weighted by atomic mass is 35.5. The fourth-order valence-corrected chi connectivity index (χ4v) is 7.39. The number of halogens is 1. The molecule has 0 atom stereocenters. The van der Waals surface area contributed by atoms with Crippen LogP contribution in [0, 0.1) is 5.41 Å². The van der Waals surface area contributed by atoms with Crippen molar-refractivity contribution >= 4 is 23.0 Å². The lowest BCUT2D eigenvalue weighted by Gasteiger charge is -2.29.